The molecule has 1 rings (SSSR count). The van der Waals surface area contributed by atoms with Crippen molar-refractivity contribution in [2.24, 2.45) is 0 Å². The lowest BCUT2D eigenvalue weighted by Gasteiger charge is -2.08. The van der Waals surface area contributed by atoms with Gasteiger partial charge in [0.1, 0.15) is 5.82 Å². The van der Waals surface area contributed by atoms with Crippen LogP contribution in [0.5, 0.6) is 0 Å². The van der Waals surface area contributed by atoms with Crippen LogP contribution in [0.3, 0.4) is 0 Å². The van der Waals surface area contributed by atoms with Crippen LogP contribution in [0.1, 0.15) is 5.56 Å². The molecule has 0 unspecified atom stereocenters. The fourth-order valence-corrected chi connectivity index (χ4v) is 2.07. The molecule has 0 aliphatic carbocycles. The van der Waals surface area contributed by atoms with Crippen LogP contribution in [-0.2, 0) is 14.8 Å². The van der Waals surface area contributed by atoms with E-state index in [4.69, 9.17) is 5.11 Å². The number of benzene rings is 1. The van der Waals surface area contributed by atoms with Gasteiger partial charge >= 0.3 is 5.97 Å². The molecule has 5 nitrogen and oxygen atoms in total. The summed E-state index contributed by atoms with van der Waals surface area (Å²) in [5.74, 6) is -2.96. The van der Waals surface area contributed by atoms with Crippen LogP contribution in [0, 0.1) is 12.7 Å². The first-order valence-electron chi connectivity index (χ1n) is 4.28. The molecule has 0 spiro atoms. The second-order valence-corrected chi connectivity index (χ2v) is 4.94. The van der Waals surface area contributed by atoms with Crippen molar-refractivity contribution in [1.82, 2.24) is 0 Å². The standard InChI is InChI=1S/C9H10FNO4S/c1-6-4-7(10)2-3-8(6)11-16(14,15)5-9(12)13/h2-4,11H,5H2,1H3,(H,12,13). The van der Waals surface area contributed by atoms with Crippen molar-refractivity contribution >= 4 is 21.7 Å². The summed E-state index contributed by atoms with van der Waals surface area (Å²) < 4.78 is 37.3. The number of rotatable bonds is 4. The number of carboxylic acid groups (broad SMARTS) is 1. The van der Waals surface area contributed by atoms with E-state index in [1.165, 1.54) is 13.0 Å². The van der Waals surface area contributed by atoms with Crippen molar-refractivity contribution in [1.29, 1.82) is 0 Å². The van der Waals surface area contributed by atoms with Crippen LogP contribution in [-0.4, -0.2) is 25.2 Å². The average molecular weight is 247 g/mol. The number of aryl methyl sites for hydroxylation is 1. The van der Waals surface area contributed by atoms with E-state index in [2.05, 4.69) is 4.72 Å². The Kier molecular flexibility index (Phi) is 3.48. The molecule has 2 N–H and O–H groups in total. The lowest BCUT2D eigenvalue weighted by atomic mass is 10.2. The zero-order valence-electron chi connectivity index (χ0n) is 8.40. The Balaban J connectivity index is 2.92. The molecule has 1 aromatic rings. The summed E-state index contributed by atoms with van der Waals surface area (Å²) in [6.07, 6.45) is 0. The molecule has 1 aromatic carbocycles. The fourth-order valence-electron chi connectivity index (χ4n) is 1.11. The largest absolute Gasteiger partial charge is 0.480 e. The molecule has 0 bridgehead atoms. The van der Waals surface area contributed by atoms with Crippen LogP contribution in [0.15, 0.2) is 18.2 Å². The minimum absolute atomic E-state index is 0.169. The summed E-state index contributed by atoms with van der Waals surface area (Å²) in [4.78, 5) is 10.3. The van der Waals surface area contributed by atoms with E-state index >= 15 is 0 Å². The van der Waals surface area contributed by atoms with Crippen LogP contribution in [0.2, 0.25) is 0 Å². The van der Waals surface area contributed by atoms with Gasteiger partial charge in [-0.25, -0.2) is 12.8 Å². The Labute approximate surface area is 92.0 Å². The van der Waals surface area contributed by atoms with Gasteiger partial charge in [-0.2, -0.15) is 0 Å². The molecule has 0 atom stereocenters. The summed E-state index contributed by atoms with van der Waals surface area (Å²) in [6.45, 7) is 1.52. The predicted molar refractivity (Wildman–Crippen MR) is 56.2 cm³/mol. The number of halogens is 1. The van der Waals surface area contributed by atoms with Gasteiger partial charge in [0.15, 0.2) is 5.75 Å². The molecule has 0 saturated carbocycles. The van der Waals surface area contributed by atoms with E-state index in [0.717, 1.165) is 12.1 Å². The van der Waals surface area contributed by atoms with E-state index in [9.17, 15) is 17.6 Å². The highest BCUT2D eigenvalue weighted by molar-refractivity contribution is 7.93. The Morgan fingerprint density at radius 2 is 2.12 bits per heavy atom. The minimum atomic E-state index is -3.94. The average Bonchev–Trinajstić information content (AvgIpc) is 2.07. The summed E-state index contributed by atoms with van der Waals surface area (Å²) in [5, 5.41) is 8.36. The van der Waals surface area contributed by atoms with Crippen LogP contribution >= 0.6 is 0 Å². The number of nitrogens with one attached hydrogen (secondary N) is 1. The van der Waals surface area contributed by atoms with Gasteiger partial charge in [0.2, 0.25) is 10.0 Å². The topological polar surface area (TPSA) is 83.5 Å². The highest BCUT2D eigenvalue weighted by Crippen LogP contribution is 2.17. The highest BCUT2D eigenvalue weighted by atomic mass is 32.2. The van der Waals surface area contributed by atoms with E-state index in [1.807, 2.05) is 0 Å². The lowest BCUT2D eigenvalue weighted by Crippen LogP contribution is -2.22. The molecule has 0 heterocycles. The molecule has 0 fully saturated rings. The monoisotopic (exact) mass is 247 g/mol. The third-order valence-corrected chi connectivity index (χ3v) is 2.93. The van der Waals surface area contributed by atoms with Crippen molar-refractivity contribution in [2.75, 3.05) is 10.5 Å². The SMILES string of the molecule is Cc1cc(F)ccc1NS(=O)(=O)CC(=O)O. The van der Waals surface area contributed by atoms with Gasteiger partial charge in [0.25, 0.3) is 0 Å². The number of aliphatic carboxylic acids is 1. The van der Waals surface area contributed by atoms with Crippen molar-refractivity contribution in [3.63, 3.8) is 0 Å². The van der Waals surface area contributed by atoms with Crippen molar-refractivity contribution in [3.8, 4) is 0 Å². The molecule has 0 aliphatic heterocycles. The Hall–Kier alpha value is -1.63. The Morgan fingerprint density at radius 3 is 2.62 bits per heavy atom. The molecule has 7 heteroatoms. The van der Waals surface area contributed by atoms with E-state index in [0.29, 0.717) is 5.56 Å². The second-order valence-electron chi connectivity index (χ2n) is 3.21. The maximum absolute atomic E-state index is 12.7. The van der Waals surface area contributed by atoms with Crippen molar-refractivity contribution in [3.05, 3.63) is 29.6 Å². The first-order chi connectivity index (χ1) is 7.30. The third kappa shape index (κ3) is 3.50. The summed E-state index contributed by atoms with van der Waals surface area (Å²) in [5.41, 5.74) is 0.552. The van der Waals surface area contributed by atoms with E-state index in [-0.39, 0.29) is 5.69 Å². The maximum atomic E-state index is 12.7. The van der Waals surface area contributed by atoms with Crippen LogP contribution < -0.4 is 4.72 Å². The predicted octanol–water partition coefficient (Wildman–Crippen LogP) is 0.960. The summed E-state index contributed by atoms with van der Waals surface area (Å²) >= 11 is 0. The minimum Gasteiger partial charge on any atom is -0.480 e. The molecular formula is C9H10FNO4S. The third-order valence-electron chi connectivity index (χ3n) is 1.77. The fraction of sp³-hybridized carbons (Fsp3) is 0.222. The van der Waals surface area contributed by atoms with Gasteiger partial charge in [-0.3, -0.25) is 9.52 Å². The maximum Gasteiger partial charge on any atom is 0.320 e. The zero-order valence-corrected chi connectivity index (χ0v) is 9.21. The molecule has 0 aromatic heterocycles. The first kappa shape index (κ1) is 12.4. The highest BCUT2D eigenvalue weighted by Gasteiger charge is 2.16. The van der Waals surface area contributed by atoms with Gasteiger partial charge in [0, 0.05) is 0 Å². The lowest BCUT2D eigenvalue weighted by molar-refractivity contribution is -0.134. The quantitative estimate of drug-likeness (QED) is 0.830. The number of carboxylic acids is 1. The van der Waals surface area contributed by atoms with Crippen LogP contribution in [0.25, 0.3) is 0 Å². The van der Waals surface area contributed by atoms with Gasteiger partial charge < -0.3 is 5.11 Å². The molecule has 0 radical (unpaired) electrons. The number of carbonyl (C=O) groups is 1. The number of hydrogen-bond donors (Lipinski definition) is 2. The number of sulfonamides is 1. The molecule has 0 saturated heterocycles. The smallest absolute Gasteiger partial charge is 0.320 e. The van der Waals surface area contributed by atoms with E-state index < -0.39 is 27.6 Å². The molecular weight excluding hydrogens is 237 g/mol. The van der Waals surface area contributed by atoms with Gasteiger partial charge in [-0.1, -0.05) is 0 Å². The van der Waals surface area contributed by atoms with E-state index in [1.54, 1.807) is 0 Å². The number of hydrogen-bond acceptors (Lipinski definition) is 3. The Morgan fingerprint density at radius 1 is 1.50 bits per heavy atom. The van der Waals surface area contributed by atoms with Crippen molar-refractivity contribution < 1.29 is 22.7 Å². The summed E-state index contributed by atoms with van der Waals surface area (Å²) in [7, 11) is -3.94. The second kappa shape index (κ2) is 4.48. The van der Waals surface area contributed by atoms with Gasteiger partial charge in [-0.15, -0.1) is 0 Å². The molecule has 88 valence electrons. The zero-order chi connectivity index (χ0) is 12.3. The van der Waals surface area contributed by atoms with Crippen LogP contribution in [0.4, 0.5) is 10.1 Å². The molecule has 0 aliphatic rings. The molecule has 16 heavy (non-hydrogen) atoms. The van der Waals surface area contributed by atoms with Gasteiger partial charge in [-0.05, 0) is 30.7 Å². The first-order valence-corrected chi connectivity index (χ1v) is 5.94. The van der Waals surface area contributed by atoms with Crippen molar-refractivity contribution in [2.45, 2.75) is 6.92 Å². The molecule has 0 amide bonds. The number of anilines is 1. The van der Waals surface area contributed by atoms with Gasteiger partial charge in [0.05, 0.1) is 5.69 Å². The normalized spacial score (nSPS) is 11.1. The summed E-state index contributed by atoms with van der Waals surface area (Å²) in [6, 6.07) is 3.48. The Bertz CT molecular complexity index is 512.